The first kappa shape index (κ1) is 13.3. The predicted molar refractivity (Wildman–Crippen MR) is 69.1 cm³/mol. The maximum absolute atomic E-state index is 12.3. The van der Waals surface area contributed by atoms with Crippen molar-refractivity contribution in [3.05, 3.63) is 0 Å². The van der Waals surface area contributed by atoms with Gasteiger partial charge in [0.1, 0.15) is 0 Å². The average molecular weight is 253 g/mol. The van der Waals surface area contributed by atoms with Crippen LogP contribution in [0.5, 0.6) is 0 Å². The Balaban J connectivity index is 1.78. The topological polar surface area (TPSA) is 61.4 Å². The number of likely N-dealkylation sites (tertiary alicyclic amines) is 1. The number of carbonyl (C=O) groups is 2. The fraction of sp³-hybridized carbons (Fsp3) is 0.846. The van der Waals surface area contributed by atoms with Crippen LogP contribution >= 0.6 is 0 Å². The summed E-state index contributed by atoms with van der Waals surface area (Å²) in [5, 5.41) is 6.23. The Hall–Kier alpha value is -1.10. The Morgan fingerprint density at radius 1 is 1.17 bits per heavy atom. The van der Waals surface area contributed by atoms with Gasteiger partial charge >= 0.3 is 0 Å². The number of hydrogen-bond acceptors (Lipinski definition) is 3. The minimum atomic E-state index is 0.0220. The van der Waals surface area contributed by atoms with Gasteiger partial charge in [0.2, 0.25) is 11.8 Å². The van der Waals surface area contributed by atoms with Crippen molar-refractivity contribution in [2.75, 3.05) is 19.6 Å². The summed E-state index contributed by atoms with van der Waals surface area (Å²) >= 11 is 0. The van der Waals surface area contributed by atoms with Gasteiger partial charge in [0.05, 0.1) is 6.04 Å². The van der Waals surface area contributed by atoms with Crippen LogP contribution in [0.3, 0.4) is 0 Å². The van der Waals surface area contributed by atoms with Crippen molar-refractivity contribution in [3.63, 3.8) is 0 Å². The van der Waals surface area contributed by atoms with Gasteiger partial charge in [-0.1, -0.05) is 6.42 Å². The summed E-state index contributed by atoms with van der Waals surface area (Å²) in [4.78, 5) is 25.2. The van der Waals surface area contributed by atoms with Crippen molar-refractivity contribution in [2.24, 2.45) is 0 Å². The highest BCUT2D eigenvalue weighted by Gasteiger charge is 2.28. The lowest BCUT2D eigenvalue weighted by molar-refractivity contribution is -0.135. The lowest BCUT2D eigenvalue weighted by Crippen LogP contribution is -2.53. The zero-order valence-electron chi connectivity index (χ0n) is 11.1. The monoisotopic (exact) mass is 253 g/mol. The lowest BCUT2D eigenvalue weighted by atomic mass is 10.0. The molecule has 2 amide bonds. The SMILES string of the molecule is CC(=O)NC1CCN(C(=O)C2CCCCN2)CC1. The molecule has 0 aromatic rings. The van der Waals surface area contributed by atoms with Crippen molar-refractivity contribution in [3.8, 4) is 0 Å². The highest BCUT2D eigenvalue weighted by atomic mass is 16.2. The van der Waals surface area contributed by atoms with Gasteiger partial charge in [-0.2, -0.15) is 0 Å². The molecule has 2 N–H and O–H groups in total. The molecule has 1 atom stereocenters. The van der Waals surface area contributed by atoms with Crippen LogP contribution < -0.4 is 10.6 Å². The summed E-state index contributed by atoms with van der Waals surface area (Å²) in [6.45, 7) is 4.03. The number of carbonyl (C=O) groups excluding carboxylic acids is 2. The normalized spacial score (nSPS) is 25.8. The van der Waals surface area contributed by atoms with E-state index in [1.807, 2.05) is 4.90 Å². The van der Waals surface area contributed by atoms with E-state index in [0.717, 1.165) is 45.3 Å². The minimum Gasteiger partial charge on any atom is -0.353 e. The molecule has 0 spiro atoms. The van der Waals surface area contributed by atoms with Crippen LogP contribution in [0.4, 0.5) is 0 Å². The van der Waals surface area contributed by atoms with Crippen LogP contribution in [0.25, 0.3) is 0 Å². The molecule has 18 heavy (non-hydrogen) atoms. The molecule has 5 heteroatoms. The second-order valence-corrected chi connectivity index (χ2v) is 5.30. The third-order valence-corrected chi connectivity index (χ3v) is 3.82. The zero-order valence-corrected chi connectivity index (χ0v) is 11.1. The van der Waals surface area contributed by atoms with Gasteiger partial charge in [-0.05, 0) is 32.2 Å². The molecule has 0 bridgehead atoms. The molecule has 2 aliphatic heterocycles. The molecule has 2 fully saturated rings. The predicted octanol–water partition coefficient (Wildman–Crippen LogP) is 0.256. The maximum Gasteiger partial charge on any atom is 0.239 e. The van der Waals surface area contributed by atoms with Crippen molar-refractivity contribution >= 4 is 11.8 Å². The number of piperidine rings is 2. The average Bonchev–Trinajstić information content (AvgIpc) is 2.39. The van der Waals surface area contributed by atoms with Gasteiger partial charge in [-0.3, -0.25) is 9.59 Å². The highest BCUT2D eigenvalue weighted by Crippen LogP contribution is 2.15. The molecule has 2 aliphatic rings. The Morgan fingerprint density at radius 2 is 1.89 bits per heavy atom. The van der Waals surface area contributed by atoms with Gasteiger partial charge in [0.15, 0.2) is 0 Å². The first-order valence-corrected chi connectivity index (χ1v) is 6.96. The number of rotatable bonds is 2. The smallest absolute Gasteiger partial charge is 0.239 e. The number of amides is 2. The minimum absolute atomic E-state index is 0.0220. The molecule has 2 saturated heterocycles. The van der Waals surface area contributed by atoms with E-state index in [0.29, 0.717) is 0 Å². The van der Waals surface area contributed by atoms with Gasteiger partial charge in [0, 0.05) is 26.1 Å². The maximum atomic E-state index is 12.3. The van der Waals surface area contributed by atoms with Crippen molar-refractivity contribution in [1.29, 1.82) is 0 Å². The molecular weight excluding hydrogens is 230 g/mol. The van der Waals surface area contributed by atoms with E-state index in [9.17, 15) is 9.59 Å². The van der Waals surface area contributed by atoms with Crippen LogP contribution in [0, 0.1) is 0 Å². The summed E-state index contributed by atoms with van der Waals surface area (Å²) in [5.74, 6) is 0.268. The molecular formula is C13H23N3O2. The summed E-state index contributed by atoms with van der Waals surface area (Å²) in [6, 6.07) is 0.266. The second kappa shape index (κ2) is 6.18. The van der Waals surface area contributed by atoms with Gasteiger partial charge in [-0.15, -0.1) is 0 Å². The Morgan fingerprint density at radius 3 is 2.44 bits per heavy atom. The molecule has 0 aliphatic carbocycles. The highest BCUT2D eigenvalue weighted by molar-refractivity contribution is 5.82. The molecule has 0 saturated carbocycles. The molecule has 0 aromatic carbocycles. The summed E-state index contributed by atoms with van der Waals surface area (Å²) in [6.07, 6.45) is 5.03. The lowest BCUT2D eigenvalue weighted by Gasteiger charge is -2.35. The van der Waals surface area contributed by atoms with Gasteiger partial charge in [0.25, 0.3) is 0 Å². The van der Waals surface area contributed by atoms with E-state index >= 15 is 0 Å². The van der Waals surface area contributed by atoms with Crippen LogP contribution in [0.1, 0.15) is 39.0 Å². The van der Waals surface area contributed by atoms with Crippen LogP contribution in [-0.2, 0) is 9.59 Å². The third-order valence-electron chi connectivity index (χ3n) is 3.82. The van der Waals surface area contributed by atoms with E-state index in [-0.39, 0.29) is 23.9 Å². The molecule has 2 heterocycles. The van der Waals surface area contributed by atoms with Crippen molar-refractivity contribution < 1.29 is 9.59 Å². The van der Waals surface area contributed by atoms with Crippen LogP contribution in [0.15, 0.2) is 0 Å². The molecule has 2 rings (SSSR count). The standard InChI is InChI=1S/C13H23N3O2/c1-10(17)15-11-5-8-16(9-6-11)13(18)12-4-2-3-7-14-12/h11-12,14H,2-9H2,1H3,(H,15,17). The number of nitrogens with one attached hydrogen (secondary N) is 2. The first-order chi connectivity index (χ1) is 8.66. The van der Waals surface area contributed by atoms with E-state index in [2.05, 4.69) is 10.6 Å². The van der Waals surface area contributed by atoms with Crippen LogP contribution in [-0.4, -0.2) is 48.4 Å². The molecule has 0 aromatic heterocycles. The Bertz CT molecular complexity index is 305. The van der Waals surface area contributed by atoms with E-state index in [1.54, 1.807) is 6.92 Å². The largest absolute Gasteiger partial charge is 0.353 e. The Kier molecular flexibility index (Phi) is 4.58. The Labute approximate surface area is 108 Å². The summed E-state index contributed by atoms with van der Waals surface area (Å²) in [5.41, 5.74) is 0. The van der Waals surface area contributed by atoms with E-state index < -0.39 is 0 Å². The van der Waals surface area contributed by atoms with Crippen LogP contribution in [0.2, 0.25) is 0 Å². The quantitative estimate of drug-likeness (QED) is 0.742. The fourth-order valence-corrected chi connectivity index (χ4v) is 2.81. The summed E-state index contributed by atoms with van der Waals surface area (Å²) < 4.78 is 0. The number of hydrogen-bond donors (Lipinski definition) is 2. The van der Waals surface area contributed by atoms with Crippen molar-refractivity contribution in [1.82, 2.24) is 15.5 Å². The van der Waals surface area contributed by atoms with Crippen molar-refractivity contribution in [2.45, 2.75) is 51.1 Å². The molecule has 1 unspecified atom stereocenters. The van der Waals surface area contributed by atoms with E-state index in [1.165, 1.54) is 6.42 Å². The van der Waals surface area contributed by atoms with E-state index in [4.69, 9.17) is 0 Å². The number of nitrogens with zero attached hydrogens (tertiary/aromatic N) is 1. The molecule has 5 nitrogen and oxygen atoms in total. The third kappa shape index (κ3) is 3.45. The molecule has 102 valence electrons. The zero-order chi connectivity index (χ0) is 13.0. The fourth-order valence-electron chi connectivity index (χ4n) is 2.81. The summed E-state index contributed by atoms with van der Waals surface area (Å²) in [7, 11) is 0. The second-order valence-electron chi connectivity index (χ2n) is 5.30. The van der Waals surface area contributed by atoms with Gasteiger partial charge in [-0.25, -0.2) is 0 Å². The molecule has 0 radical (unpaired) electrons. The van der Waals surface area contributed by atoms with Gasteiger partial charge < -0.3 is 15.5 Å². The first-order valence-electron chi connectivity index (χ1n) is 6.96.